The minimum atomic E-state index is -0.583. The fourth-order valence-electron chi connectivity index (χ4n) is 1.93. The van der Waals surface area contributed by atoms with Gasteiger partial charge in [0.15, 0.2) is 0 Å². The summed E-state index contributed by atoms with van der Waals surface area (Å²) in [4.78, 5) is 23.9. The lowest BCUT2D eigenvalue weighted by Gasteiger charge is -2.19. The van der Waals surface area contributed by atoms with E-state index in [1.165, 1.54) is 18.2 Å². The molecule has 0 saturated carbocycles. The smallest absolute Gasteiger partial charge is 0.412 e. The number of nitrogens with one attached hydrogen (secondary N) is 2. The number of carbonyl (C=O) groups excluding carboxylic acids is 2. The van der Waals surface area contributed by atoms with E-state index in [1.54, 1.807) is 45.0 Å². The number of anilines is 2. The first kappa shape index (κ1) is 18.9. The molecule has 0 bridgehead atoms. The summed E-state index contributed by atoms with van der Waals surface area (Å²) in [5.41, 5.74) is 0.809. The van der Waals surface area contributed by atoms with Gasteiger partial charge in [0, 0.05) is 15.8 Å². The molecule has 5 nitrogen and oxygen atoms in total. The molecule has 25 heavy (non-hydrogen) atoms. The van der Waals surface area contributed by atoms with E-state index >= 15 is 0 Å². The largest absolute Gasteiger partial charge is 0.444 e. The number of halogens is 2. The normalized spacial score (nSPS) is 10.9. The molecule has 2 rings (SSSR count). The maximum Gasteiger partial charge on any atom is 0.412 e. The van der Waals surface area contributed by atoms with E-state index in [0.717, 1.165) is 0 Å². The van der Waals surface area contributed by atoms with Crippen molar-refractivity contribution in [3.05, 3.63) is 58.3 Å². The number of hydrogen-bond acceptors (Lipinski definition) is 3. The molecule has 0 spiro atoms. The van der Waals surface area contributed by atoms with Crippen LogP contribution < -0.4 is 10.6 Å². The molecule has 0 saturated heterocycles. The number of hydrogen-bond donors (Lipinski definition) is 2. The van der Waals surface area contributed by atoms with Crippen molar-refractivity contribution in [1.82, 2.24) is 0 Å². The molecule has 7 heteroatoms. The zero-order valence-corrected chi connectivity index (χ0v) is 15.6. The molecule has 0 aliphatic rings. The Kier molecular flexibility index (Phi) is 5.79. The fourth-order valence-corrected chi connectivity index (χ4v) is 2.46. The van der Waals surface area contributed by atoms with Gasteiger partial charge in [0.05, 0.1) is 5.56 Å². The zero-order chi connectivity index (χ0) is 18.6. The van der Waals surface area contributed by atoms with E-state index in [-0.39, 0.29) is 5.91 Å². The summed E-state index contributed by atoms with van der Waals surface area (Å²) in [6.45, 7) is 5.33. The van der Waals surface area contributed by atoms with Gasteiger partial charge in [-0.2, -0.15) is 0 Å². The topological polar surface area (TPSA) is 67.4 Å². The van der Waals surface area contributed by atoms with Gasteiger partial charge in [-0.15, -0.1) is 0 Å². The van der Waals surface area contributed by atoms with Crippen LogP contribution in [0, 0.1) is 5.82 Å². The van der Waals surface area contributed by atoms with E-state index in [2.05, 4.69) is 26.6 Å². The first-order valence-electron chi connectivity index (χ1n) is 7.50. The number of amides is 2. The molecule has 0 fully saturated rings. The zero-order valence-electron chi connectivity index (χ0n) is 14.0. The number of rotatable bonds is 3. The third-order valence-electron chi connectivity index (χ3n) is 2.96. The lowest BCUT2D eigenvalue weighted by molar-refractivity contribution is 0.0635. The summed E-state index contributed by atoms with van der Waals surface area (Å²) in [6.07, 6.45) is -0.556. The van der Waals surface area contributed by atoms with E-state index in [1.807, 2.05) is 0 Å². The van der Waals surface area contributed by atoms with Gasteiger partial charge in [0.2, 0.25) is 0 Å². The first-order valence-corrected chi connectivity index (χ1v) is 8.30. The molecule has 0 aromatic heterocycles. The van der Waals surface area contributed by atoms with Crippen molar-refractivity contribution < 1.29 is 18.7 Å². The Balaban J connectivity index is 2.00. The molecule has 0 atom stereocenters. The van der Waals surface area contributed by atoms with Crippen LogP contribution in [0.15, 0.2) is 46.9 Å². The quantitative estimate of drug-likeness (QED) is 0.734. The molecule has 0 radical (unpaired) electrons. The molecule has 2 aromatic rings. The highest BCUT2D eigenvalue weighted by Gasteiger charge is 2.16. The lowest BCUT2D eigenvalue weighted by Crippen LogP contribution is -2.27. The Hall–Kier alpha value is -2.41. The maximum absolute atomic E-state index is 13.1. The maximum atomic E-state index is 13.1. The van der Waals surface area contributed by atoms with Crippen LogP contribution in [-0.4, -0.2) is 17.6 Å². The Morgan fingerprint density at radius 3 is 2.08 bits per heavy atom. The molecule has 2 N–H and O–H groups in total. The molecule has 0 unspecified atom stereocenters. The Bertz CT molecular complexity index is 786. The van der Waals surface area contributed by atoms with Crippen LogP contribution in [0.5, 0.6) is 0 Å². The van der Waals surface area contributed by atoms with Crippen LogP contribution in [0.2, 0.25) is 0 Å². The molecular formula is C18H18BrFN2O3. The highest BCUT2D eigenvalue weighted by molar-refractivity contribution is 9.10. The van der Waals surface area contributed by atoms with E-state index < -0.39 is 17.5 Å². The van der Waals surface area contributed by atoms with Crippen molar-refractivity contribution >= 4 is 39.3 Å². The molecule has 2 aromatic carbocycles. The van der Waals surface area contributed by atoms with Gasteiger partial charge in [-0.1, -0.05) is 0 Å². The second-order valence-electron chi connectivity index (χ2n) is 6.28. The highest BCUT2D eigenvalue weighted by Crippen LogP contribution is 2.21. The Morgan fingerprint density at radius 1 is 1.00 bits per heavy atom. The van der Waals surface area contributed by atoms with Gasteiger partial charge in [-0.05, 0) is 79.2 Å². The van der Waals surface area contributed by atoms with E-state index in [0.29, 0.717) is 21.4 Å². The van der Waals surface area contributed by atoms with Crippen LogP contribution in [-0.2, 0) is 4.74 Å². The average Bonchev–Trinajstić information content (AvgIpc) is 2.47. The van der Waals surface area contributed by atoms with Crippen LogP contribution in [0.3, 0.4) is 0 Å². The average molecular weight is 409 g/mol. The summed E-state index contributed by atoms with van der Waals surface area (Å²) >= 11 is 3.16. The minimum absolute atomic E-state index is 0.317. The summed E-state index contributed by atoms with van der Waals surface area (Å²) in [5, 5.41) is 5.30. The number of ether oxygens (including phenoxy) is 1. The van der Waals surface area contributed by atoms with E-state index in [9.17, 15) is 14.0 Å². The molecule has 2 amide bonds. The molecular weight excluding hydrogens is 391 g/mol. The van der Waals surface area contributed by atoms with Crippen molar-refractivity contribution in [3.63, 3.8) is 0 Å². The number of carbonyl (C=O) groups is 2. The van der Waals surface area contributed by atoms with Gasteiger partial charge in [-0.3, -0.25) is 10.1 Å². The molecule has 0 aliphatic heterocycles. The summed E-state index contributed by atoms with van der Waals surface area (Å²) in [6, 6.07) is 10.4. The third kappa shape index (κ3) is 5.86. The second-order valence-corrected chi connectivity index (χ2v) is 7.14. The van der Waals surface area contributed by atoms with Crippen LogP contribution in [0.25, 0.3) is 0 Å². The predicted octanol–water partition coefficient (Wildman–Crippen LogP) is 5.19. The molecule has 0 heterocycles. The Labute approximate surface area is 153 Å². The third-order valence-corrected chi connectivity index (χ3v) is 3.62. The summed E-state index contributed by atoms with van der Waals surface area (Å²) in [7, 11) is 0. The Morgan fingerprint density at radius 2 is 1.56 bits per heavy atom. The van der Waals surface area contributed by atoms with Crippen molar-refractivity contribution in [3.8, 4) is 0 Å². The van der Waals surface area contributed by atoms with Crippen molar-refractivity contribution in [2.24, 2.45) is 0 Å². The second kappa shape index (κ2) is 7.65. The minimum Gasteiger partial charge on any atom is -0.444 e. The van der Waals surface area contributed by atoms with Gasteiger partial charge in [-0.25, -0.2) is 9.18 Å². The summed E-state index contributed by atoms with van der Waals surface area (Å²) < 4.78 is 18.6. The van der Waals surface area contributed by atoms with Crippen molar-refractivity contribution in [2.75, 3.05) is 10.6 Å². The highest BCUT2D eigenvalue weighted by atomic mass is 79.9. The SMILES string of the molecule is CC(C)(C)OC(=O)Nc1ccc(NC(=O)c2ccc(F)cc2Br)cc1. The van der Waals surface area contributed by atoms with Gasteiger partial charge in [0.1, 0.15) is 11.4 Å². The van der Waals surface area contributed by atoms with Crippen LogP contribution >= 0.6 is 15.9 Å². The monoisotopic (exact) mass is 408 g/mol. The van der Waals surface area contributed by atoms with Crippen molar-refractivity contribution in [2.45, 2.75) is 26.4 Å². The van der Waals surface area contributed by atoms with Crippen LogP contribution in [0.1, 0.15) is 31.1 Å². The van der Waals surface area contributed by atoms with Gasteiger partial charge in [0.25, 0.3) is 5.91 Å². The molecule has 0 aliphatic carbocycles. The fraction of sp³-hybridized carbons (Fsp3) is 0.222. The number of benzene rings is 2. The lowest BCUT2D eigenvalue weighted by atomic mass is 10.2. The van der Waals surface area contributed by atoms with Crippen LogP contribution in [0.4, 0.5) is 20.6 Å². The van der Waals surface area contributed by atoms with E-state index in [4.69, 9.17) is 4.74 Å². The predicted molar refractivity (Wildman–Crippen MR) is 98.4 cm³/mol. The van der Waals surface area contributed by atoms with Gasteiger partial charge >= 0.3 is 6.09 Å². The first-order chi connectivity index (χ1) is 11.6. The standard InChI is InChI=1S/C18H18BrFN2O3/c1-18(2,3)25-17(24)22-13-7-5-12(6-8-13)21-16(23)14-9-4-11(20)10-15(14)19/h4-10H,1-3H3,(H,21,23)(H,22,24). The van der Waals surface area contributed by atoms with Gasteiger partial charge < -0.3 is 10.1 Å². The van der Waals surface area contributed by atoms with Crippen molar-refractivity contribution in [1.29, 1.82) is 0 Å². The molecule has 132 valence electrons. The summed E-state index contributed by atoms with van der Waals surface area (Å²) in [5.74, 6) is -0.805.